The number of H-pyrrole nitrogens is 1. The molecule has 5 heteroatoms. The number of halogens is 2. The van der Waals surface area contributed by atoms with E-state index in [2.05, 4.69) is 15.3 Å². The standard InChI is InChI=1S/C12H13Cl2N3/c1-2-15-11(12-16-5-6-17-12)9-7-8(13)3-4-10(9)14/h3-7,11,15H,2H2,1H3,(H,16,17). The zero-order valence-corrected chi connectivity index (χ0v) is 10.9. The molecule has 0 aliphatic rings. The van der Waals surface area contributed by atoms with Gasteiger partial charge in [0.2, 0.25) is 0 Å². The Balaban J connectivity index is 2.42. The van der Waals surface area contributed by atoms with Gasteiger partial charge in [0.25, 0.3) is 0 Å². The number of imidazole rings is 1. The Morgan fingerprint density at radius 2 is 2.24 bits per heavy atom. The van der Waals surface area contributed by atoms with Crippen LogP contribution in [0.25, 0.3) is 0 Å². The van der Waals surface area contributed by atoms with Gasteiger partial charge >= 0.3 is 0 Å². The van der Waals surface area contributed by atoms with Crippen LogP contribution in [0.15, 0.2) is 30.6 Å². The summed E-state index contributed by atoms with van der Waals surface area (Å²) in [4.78, 5) is 7.35. The van der Waals surface area contributed by atoms with Crippen LogP contribution in [0.4, 0.5) is 0 Å². The minimum absolute atomic E-state index is 0.0683. The van der Waals surface area contributed by atoms with Crippen molar-refractivity contribution in [1.29, 1.82) is 0 Å². The normalized spacial score (nSPS) is 12.6. The van der Waals surface area contributed by atoms with Crippen LogP contribution < -0.4 is 5.32 Å². The first-order chi connectivity index (χ1) is 8.22. The summed E-state index contributed by atoms with van der Waals surface area (Å²) >= 11 is 12.2. The predicted octanol–water partition coefficient (Wildman–Crippen LogP) is 3.42. The molecule has 1 unspecified atom stereocenters. The van der Waals surface area contributed by atoms with E-state index < -0.39 is 0 Å². The van der Waals surface area contributed by atoms with Gasteiger partial charge in [-0.05, 0) is 30.3 Å². The third kappa shape index (κ3) is 2.80. The van der Waals surface area contributed by atoms with E-state index in [4.69, 9.17) is 23.2 Å². The van der Waals surface area contributed by atoms with E-state index in [0.717, 1.165) is 17.9 Å². The summed E-state index contributed by atoms with van der Waals surface area (Å²) in [7, 11) is 0. The van der Waals surface area contributed by atoms with Gasteiger partial charge in [0.15, 0.2) is 0 Å². The second kappa shape index (κ2) is 5.54. The van der Waals surface area contributed by atoms with Crippen LogP contribution in [0.2, 0.25) is 10.0 Å². The van der Waals surface area contributed by atoms with E-state index in [9.17, 15) is 0 Å². The van der Waals surface area contributed by atoms with Crippen molar-refractivity contribution < 1.29 is 0 Å². The third-order valence-electron chi connectivity index (χ3n) is 2.47. The molecule has 2 N–H and O–H groups in total. The van der Waals surface area contributed by atoms with Crippen LogP contribution in [-0.2, 0) is 0 Å². The highest BCUT2D eigenvalue weighted by Gasteiger charge is 2.18. The molecule has 0 fully saturated rings. The maximum absolute atomic E-state index is 6.20. The van der Waals surface area contributed by atoms with Gasteiger partial charge in [-0.15, -0.1) is 0 Å². The number of hydrogen-bond acceptors (Lipinski definition) is 2. The van der Waals surface area contributed by atoms with E-state index in [-0.39, 0.29) is 6.04 Å². The van der Waals surface area contributed by atoms with Gasteiger partial charge in [0, 0.05) is 22.4 Å². The van der Waals surface area contributed by atoms with Crippen LogP contribution >= 0.6 is 23.2 Å². The lowest BCUT2D eigenvalue weighted by Crippen LogP contribution is -2.23. The SMILES string of the molecule is CCNC(c1ncc[nH]1)c1cc(Cl)ccc1Cl. The van der Waals surface area contributed by atoms with E-state index in [1.807, 2.05) is 13.0 Å². The third-order valence-corrected chi connectivity index (χ3v) is 3.05. The van der Waals surface area contributed by atoms with Crippen LogP contribution in [0.3, 0.4) is 0 Å². The zero-order valence-electron chi connectivity index (χ0n) is 9.37. The first-order valence-corrected chi connectivity index (χ1v) is 6.15. The maximum atomic E-state index is 6.20. The van der Waals surface area contributed by atoms with Crippen molar-refractivity contribution in [3.8, 4) is 0 Å². The highest BCUT2D eigenvalue weighted by molar-refractivity contribution is 6.33. The van der Waals surface area contributed by atoms with Crippen molar-refractivity contribution in [3.05, 3.63) is 52.0 Å². The van der Waals surface area contributed by atoms with Crippen molar-refractivity contribution in [2.75, 3.05) is 6.54 Å². The van der Waals surface area contributed by atoms with E-state index in [1.165, 1.54) is 0 Å². The van der Waals surface area contributed by atoms with E-state index in [1.54, 1.807) is 24.5 Å². The quantitative estimate of drug-likeness (QED) is 0.893. The first kappa shape index (κ1) is 12.4. The largest absolute Gasteiger partial charge is 0.347 e. The highest BCUT2D eigenvalue weighted by Crippen LogP contribution is 2.29. The molecule has 90 valence electrons. The Bertz CT molecular complexity index is 483. The molecule has 1 heterocycles. The average Bonchev–Trinajstić information content (AvgIpc) is 2.83. The van der Waals surface area contributed by atoms with Crippen molar-refractivity contribution in [1.82, 2.24) is 15.3 Å². The summed E-state index contributed by atoms with van der Waals surface area (Å²) in [6, 6.07) is 5.37. The topological polar surface area (TPSA) is 40.7 Å². The summed E-state index contributed by atoms with van der Waals surface area (Å²) in [6.45, 7) is 2.85. The van der Waals surface area contributed by atoms with Crippen molar-refractivity contribution in [2.24, 2.45) is 0 Å². The molecule has 1 atom stereocenters. The van der Waals surface area contributed by atoms with Crippen LogP contribution in [0, 0.1) is 0 Å². The van der Waals surface area contributed by atoms with Gasteiger partial charge in [0.1, 0.15) is 5.82 Å². The van der Waals surface area contributed by atoms with Gasteiger partial charge in [-0.3, -0.25) is 0 Å². The molecule has 0 spiro atoms. The smallest absolute Gasteiger partial charge is 0.127 e. The number of aromatic nitrogens is 2. The van der Waals surface area contributed by atoms with Gasteiger partial charge in [-0.2, -0.15) is 0 Å². The lowest BCUT2D eigenvalue weighted by Gasteiger charge is -2.17. The van der Waals surface area contributed by atoms with E-state index >= 15 is 0 Å². The average molecular weight is 270 g/mol. The van der Waals surface area contributed by atoms with E-state index in [0.29, 0.717) is 10.0 Å². The number of aromatic amines is 1. The summed E-state index contributed by atoms with van der Waals surface area (Å²) in [5, 5.41) is 4.68. The molecule has 0 aliphatic carbocycles. The number of rotatable bonds is 4. The molecule has 3 nitrogen and oxygen atoms in total. The number of hydrogen-bond donors (Lipinski definition) is 2. The number of nitrogens with one attached hydrogen (secondary N) is 2. The summed E-state index contributed by atoms with van der Waals surface area (Å²) in [5.74, 6) is 0.830. The molecule has 0 aliphatic heterocycles. The van der Waals surface area contributed by atoms with Crippen LogP contribution in [0.1, 0.15) is 24.4 Å². The van der Waals surface area contributed by atoms with Gasteiger partial charge in [-0.25, -0.2) is 4.98 Å². The Hall–Kier alpha value is -1.03. The minimum Gasteiger partial charge on any atom is -0.347 e. The van der Waals surface area contributed by atoms with Crippen LogP contribution in [-0.4, -0.2) is 16.5 Å². The molecule has 2 aromatic rings. The first-order valence-electron chi connectivity index (χ1n) is 5.40. The second-order valence-electron chi connectivity index (χ2n) is 3.63. The van der Waals surface area contributed by atoms with Crippen molar-refractivity contribution in [3.63, 3.8) is 0 Å². The van der Waals surface area contributed by atoms with Gasteiger partial charge in [-0.1, -0.05) is 30.1 Å². The Morgan fingerprint density at radius 1 is 1.41 bits per heavy atom. The molecule has 0 amide bonds. The molecular formula is C12H13Cl2N3. The van der Waals surface area contributed by atoms with Crippen molar-refractivity contribution in [2.45, 2.75) is 13.0 Å². The van der Waals surface area contributed by atoms with Gasteiger partial charge in [0.05, 0.1) is 6.04 Å². The second-order valence-corrected chi connectivity index (χ2v) is 4.47. The molecule has 0 bridgehead atoms. The lowest BCUT2D eigenvalue weighted by molar-refractivity contribution is 0.604. The highest BCUT2D eigenvalue weighted by atomic mass is 35.5. The lowest BCUT2D eigenvalue weighted by atomic mass is 10.1. The van der Waals surface area contributed by atoms with Crippen molar-refractivity contribution >= 4 is 23.2 Å². The Morgan fingerprint density at radius 3 is 2.88 bits per heavy atom. The molecule has 17 heavy (non-hydrogen) atoms. The molecular weight excluding hydrogens is 257 g/mol. The summed E-state index contributed by atoms with van der Waals surface area (Å²) < 4.78 is 0. The van der Waals surface area contributed by atoms with Gasteiger partial charge < -0.3 is 10.3 Å². The molecule has 0 radical (unpaired) electrons. The Labute approximate surface area is 110 Å². The monoisotopic (exact) mass is 269 g/mol. The summed E-state index contributed by atoms with van der Waals surface area (Å²) in [5.41, 5.74) is 0.927. The molecule has 0 saturated carbocycles. The molecule has 2 rings (SSSR count). The molecule has 0 saturated heterocycles. The molecule has 1 aromatic carbocycles. The maximum Gasteiger partial charge on any atom is 0.127 e. The molecule has 1 aromatic heterocycles. The fourth-order valence-corrected chi connectivity index (χ4v) is 2.14. The summed E-state index contributed by atoms with van der Waals surface area (Å²) in [6.07, 6.45) is 3.51. The fraction of sp³-hybridized carbons (Fsp3) is 0.250. The number of benzene rings is 1. The number of nitrogens with zero attached hydrogens (tertiary/aromatic N) is 1. The zero-order chi connectivity index (χ0) is 12.3. The fourth-order valence-electron chi connectivity index (χ4n) is 1.73. The Kier molecular flexibility index (Phi) is 4.05. The predicted molar refractivity (Wildman–Crippen MR) is 70.6 cm³/mol. The van der Waals surface area contributed by atoms with Crippen LogP contribution in [0.5, 0.6) is 0 Å². The minimum atomic E-state index is -0.0683.